The zero-order valence-electron chi connectivity index (χ0n) is 8.26. The fraction of sp³-hybridized carbons (Fsp3) is 0.300. The van der Waals surface area contributed by atoms with Crippen molar-refractivity contribution in [2.24, 2.45) is 5.11 Å². The molecule has 0 radical (unpaired) electrons. The summed E-state index contributed by atoms with van der Waals surface area (Å²) in [5.41, 5.74) is 9.06. The first kappa shape index (κ1) is 11.1. The molecule has 0 heterocycles. The second-order valence-electron chi connectivity index (χ2n) is 2.97. The van der Waals surface area contributed by atoms with E-state index in [1.54, 1.807) is 0 Å². The summed E-state index contributed by atoms with van der Waals surface area (Å²) < 4.78 is 0. The van der Waals surface area contributed by atoms with Gasteiger partial charge >= 0.3 is 0 Å². The Labute approximate surface area is 87.7 Å². The standard InChI is InChI=1S/C10H12N4O/c11-14-13-7-6-10(15)12-8-9-4-2-1-3-5-9/h1-5H,6-8H2,(H,12,15). The number of azide groups is 1. The van der Waals surface area contributed by atoms with E-state index >= 15 is 0 Å². The molecule has 1 amide bonds. The lowest BCUT2D eigenvalue weighted by atomic mass is 10.2. The van der Waals surface area contributed by atoms with Gasteiger partial charge in [0.15, 0.2) is 0 Å². The van der Waals surface area contributed by atoms with Crippen LogP contribution in [0, 0.1) is 0 Å². The molecular formula is C10H12N4O. The maximum atomic E-state index is 11.2. The molecule has 0 spiro atoms. The van der Waals surface area contributed by atoms with Gasteiger partial charge < -0.3 is 5.32 Å². The van der Waals surface area contributed by atoms with Crippen molar-refractivity contribution in [1.82, 2.24) is 5.32 Å². The Hall–Kier alpha value is -2.00. The van der Waals surface area contributed by atoms with Crippen molar-refractivity contribution in [3.8, 4) is 0 Å². The van der Waals surface area contributed by atoms with Crippen molar-refractivity contribution in [1.29, 1.82) is 0 Å². The minimum atomic E-state index is -0.105. The van der Waals surface area contributed by atoms with Crippen LogP contribution in [0.4, 0.5) is 0 Å². The van der Waals surface area contributed by atoms with E-state index in [-0.39, 0.29) is 18.9 Å². The lowest BCUT2D eigenvalue weighted by Crippen LogP contribution is -2.22. The molecule has 78 valence electrons. The van der Waals surface area contributed by atoms with Crippen molar-refractivity contribution < 1.29 is 4.79 Å². The first-order chi connectivity index (χ1) is 7.33. The Kier molecular flexibility index (Phi) is 4.77. The molecule has 1 N–H and O–H groups in total. The molecule has 1 aromatic rings. The van der Waals surface area contributed by atoms with Crippen LogP contribution < -0.4 is 5.32 Å². The van der Waals surface area contributed by atoms with Crippen LogP contribution in [0.5, 0.6) is 0 Å². The van der Waals surface area contributed by atoms with Gasteiger partial charge in [-0.3, -0.25) is 4.79 Å². The Balaban J connectivity index is 2.25. The van der Waals surface area contributed by atoms with E-state index in [2.05, 4.69) is 15.3 Å². The van der Waals surface area contributed by atoms with Crippen LogP contribution in [0.1, 0.15) is 12.0 Å². The molecule has 0 bridgehead atoms. The Morgan fingerprint density at radius 3 is 2.80 bits per heavy atom. The number of hydrogen-bond acceptors (Lipinski definition) is 2. The van der Waals surface area contributed by atoms with Gasteiger partial charge in [0.05, 0.1) is 0 Å². The number of carbonyl (C=O) groups excluding carboxylic acids is 1. The summed E-state index contributed by atoms with van der Waals surface area (Å²) in [5, 5.41) is 6.02. The summed E-state index contributed by atoms with van der Waals surface area (Å²) in [6, 6.07) is 9.64. The normalized spacial score (nSPS) is 9.07. The third kappa shape index (κ3) is 4.69. The molecule has 0 aliphatic carbocycles. The van der Waals surface area contributed by atoms with E-state index in [1.807, 2.05) is 30.3 Å². The molecule has 0 unspecified atom stereocenters. The van der Waals surface area contributed by atoms with E-state index in [0.717, 1.165) is 5.56 Å². The number of amides is 1. The second kappa shape index (κ2) is 6.45. The number of rotatable bonds is 5. The predicted molar refractivity (Wildman–Crippen MR) is 56.9 cm³/mol. The maximum absolute atomic E-state index is 11.2. The van der Waals surface area contributed by atoms with Gasteiger partial charge in [-0.25, -0.2) is 0 Å². The van der Waals surface area contributed by atoms with Gasteiger partial charge in [-0.1, -0.05) is 35.4 Å². The highest BCUT2D eigenvalue weighted by molar-refractivity contribution is 5.76. The summed E-state index contributed by atoms with van der Waals surface area (Å²) in [6.45, 7) is 0.715. The second-order valence-corrected chi connectivity index (χ2v) is 2.97. The van der Waals surface area contributed by atoms with Crippen LogP contribution in [0.25, 0.3) is 10.4 Å². The zero-order chi connectivity index (χ0) is 10.9. The van der Waals surface area contributed by atoms with Gasteiger partial charge in [0.2, 0.25) is 5.91 Å². The number of nitrogens with zero attached hydrogens (tertiary/aromatic N) is 3. The molecule has 5 nitrogen and oxygen atoms in total. The highest BCUT2D eigenvalue weighted by Crippen LogP contribution is 1.97. The first-order valence-corrected chi connectivity index (χ1v) is 4.64. The lowest BCUT2D eigenvalue weighted by Gasteiger charge is -2.03. The highest BCUT2D eigenvalue weighted by Gasteiger charge is 1.99. The average molecular weight is 204 g/mol. The van der Waals surface area contributed by atoms with Crippen LogP contribution >= 0.6 is 0 Å². The molecule has 1 aromatic carbocycles. The average Bonchev–Trinajstić information content (AvgIpc) is 2.28. The smallest absolute Gasteiger partial charge is 0.220 e. The molecule has 0 fully saturated rings. The minimum Gasteiger partial charge on any atom is -0.352 e. The van der Waals surface area contributed by atoms with Crippen LogP contribution in [-0.4, -0.2) is 12.5 Å². The van der Waals surface area contributed by atoms with Crippen molar-refractivity contribution >= 4 is 5.91 Å². The minimum absolute atomic E-state index is 0.105. The quantitative estimate of drug-likeness (QED) is 0.444. The van der Waals surface area contributed by atoms with Gasteiger partial charge in [0, 0.05) is 24.4 Å². The summed E-state index contributed by atoms with van der Waals surface area (Å²) in [4.78, 5) is 13.8. The van der Waals surface area contributed by atoms with E-state index < -0.39 is 0 Å². The molecule has 0 aliphatic heterocycles. The third-order valence-electron chi connectivity index (χ3n) is 1.83. The van der Waals surface area contributed by atoms with Crippen LogP contribution in [0.3, 0.4) is 0 Å². The fourth-order valence-electron chi connectivity index (χ4n) is 1.08. The largest absolute Gasteiger partial charge is 0.352 e. The molecule has 1 rings (SSSR count). The predicted octanol–water partition coefficient (Wildman–Crippen LogP) is 2.00. The Morgan fingerprint density at radius 2 is 2.13 bits per heavy atom. The molecular weight excluding hydrogens is 192 g/mol. The summed E-state index contributed by atoms with van der Waals surface area (Å²) in [5.74, 6) is -0.105. The SMILES string of the molecule is [N-]=[N+]=NCCC(=O)NCc1ccccc1. The van der Waals surface area contributed by atoms with Crippen molar-refractivity contribution in [3.05, 3.63) is 46.3 Å². The number of benzene rings is 1. The highest BCUT2D eigenvalue weighted by atomic mass is 16.1. The summed E-state index contributed by atoms with van der Waals surface area (Å²) in [6.07, 6.45) is 0.233. The molecule has 15 heavy (non-hydrogen) atoms. The van der Waals surface area contributed by atoms with Crippen LogP contribution in [-0.2, 0) is 11.3 Å². The van der Waals surface area contributed by atoms with Gasteiger partial charge in [0.25, 0.3) is 0 Å². The van der Waals surface area contributed by atoms with Crippen molar-refractivity contribution in [2.75, 3.05) is 6.54 Å². The van der Waals surface area contributed by atoms with Gasteiger partial charge in [-0.2, -0.15) is 0 Å². The van der Waals surface area contributed by atoms with Gasteiger partial charge in [0.1, 0.15) is 0 Å². The maximum Gasteiger partial charge on any atom is 0.220 e. The molecule has 0 saturated carbocycles. The number of hydrogen-bond donors (Lipinski definition) is 1. The molecule has 0 aromatic heterocycles. The third-order valence-corrected chi connectivity index (χ3v) is 1.83. The Bertz CT molecular complexity index is 357. The summed E-state index contributed by atoms with van der Waals surface area (Å²) in [7, 11) is 0. The molecule has 0 atom stereocenters. The first-order valence-electron chi connectivity index (χ1n) is 4.64. The van der Waals surface area contributed by atoms with E-state index in [4.69, 9.17) is 5.53 Å². The van der Waals surface area contributed by atoms with Crippen molar-refractivity contribution in [3.63, 3.8) is 0 Å². The van der Waals surface area contributed by atoms with Gasteiger partial charge in [-0.05, 0) is 11.1 Å². The van der Waals surface area contributed by atoms with E-state index in [0.29, 0.717) is 6.54 Å². The lowest BCUT2D eigenvalue weighted by molar-refractivity contribution is -0.121. The van der Waals surface area contributed by atoms with Gasteiger partial charge in [-0.15, -0.1) is 0 Å². The van der Waals surface area contributed by atoms with E-state index in [1.165, 1.54) is 0 Å². The van der Waals surface area contributed by atoms with Crippen molar-refractivity contribution in [2.45, 2.75) is 13.0 Å². The number of nitrogens with one attached hydrogen (secondary N) is 1. The fourth-order valence-corrected chi connectivity index (χ4v) is 1.08. The number of carbonyl (C=O) groups is 1. The monoisotopic (exact) mass is 204 g/mol. The summed E-state index contributed by atoms with van der Waals surface area (Å²) >= 11 is 0. The zero-order valence-corrected chi connectivity index (χ0v) is 8.26. The van der Waals surface area contributed by atoms with Crippen LogP contribution in [0.2, 0.25) is 0 Å². The van der Waals surface area contributed by atoms with E-state index in [9.17, 15) is 4.79 Å². The van der Waals surface area contributed by atoms with Crippen LogP contribution in [0.15, 0.2) is 35.4 Å². The topological polar surface area (TPSA) is 77.9 Å². The molecule has 0 saturated heterocycles. The molecule has 0 aliphatic rings. The molecule has 5 heteroatoms. The Morgan fingerprint density at radius 1 is 1.40 bits per heavy atom.